The molecule has 1 heterocycles. The molecule has 0 aromatic heterocycles. The lowest BCUT2D eigenvalue weighted by Gasteiger charge is -2.37. The summed E-state index contributed by atoms with van der Waals surface area (Å²) < 4.78 is 14.3. The Hall–Kier alpha value is -1.13. The van der Waals surface area contributed by atoms with Crippen molar-refractivity contribution in [2.45, 2.75) is 38.8 Å². The normalized spacial score (nSPS) is 19.1. The molecular formula is C16H26FN3. The molecule has 0 unspecified atom stereocenters. The largest absolute Gasteiger partial charge is 0.369 e. The first-order chi connectivity index (χ1) is 9.52. The molecule has 2 rings (SSSR count). The molecule has 1 aromatic rings. The molecular weight excluding hydrogens is 253 g/mol. The molecule has 1 fully saturated rings. The predicted molar refractivity (Wildman–Crippen MR) is 82.5 cm³/mol. The summed E-state index contributed by atoms with van der Waals surface area (Å²) in [4.78, 5) is 4.53. The van der Waals surface area contributed by atoms with Gasteiger partial charge in [-0.3, -0.25) is 0 Å². The van der Waals surface area contributed by atoms with E-state index in [2.05, 4.69) is 16.7 Å². The smallest absolute Gasteiger partial charge is 0.146 e. The van der Waals surface area contributed by atoms with Gasteiger partial charge in [-0.1, -0.05) is 13.0 Å². The van der Waals surface area contributed by atoms with Gasteiger partial charge in [-0.2, -0.15) is 0 Å². The molecule has 1 aromatic carbocycles. The van der Waals surface area contributed by atoms with Gasteiger partial charge in [0, 0.05) is 32.2 Å². The standard InChI is InChI=1S/C16H26FN3/c1-4-20-9-7-14(8-10-20)19(3)16-6-5-13(12(2)18)11-15(16)17/h5-6,11-12,14H,4,7-10,18H2,1-3H3/t12-/m0/s1. The molecule has 1 saturated heterocycles. The molecule has 0 aliphatic carbocycles. The minimum Gasteiger partial charge on any atom is -0.369 e. The summed E-state index contributed by atoms with van der Waals surface area (Å²) in [6, 6.07) is 5.66. The Morgan fingerprint density at radius 1 is 1.40 bits per heavy atom. The van der Waals surface area contributed by atoms with Crippen LogP contribution in [0.1, 0.15) is 38.3 Å². The minimum absolute atomic E-state index is 0.128. The van der Waals surface area contributed by atoms with Crippen molar-refractivity contribution in [1.82, 2.24) is 4.90 Å². The van der Waals surface area contributed by atoms with Crippen molar-refractivity contribution in [3.8, 4) is 0 Å². The second-order valence-electron chi connectivity index (χ2n) is 5.78. The zero-order valence-corrected chi connectivity index (χ0v) is 12.8. The topological polar surface area (TPSA) is 32.5 Å². The zero-order chi connectivity index (χ0) is 14.7. The van der Waals surface area contributed by atoms with Crippen LogP contribution in [0.15, 0.2) is 18.2 Å². The van der Waals surface area contributed by atoms with Crippen LogP contribution >= 0.6 is 0 Å². The van der Waals surface area contributed by atoms with Crippen LogP contribution in [0, 0.1) is 5.82 Å². The molecule has 0 saturated carbocycles. The van der Waals surface area contributed by atoms with E-state index in [1.54, 1.807) is 6.07 Å². The first-order valence-electron chi connectivity index (χ1n) is 7.53. The predicted octanol–water partition coefficient (Wildman–Crippen LogP) is 2.77. The summed E-state index contributed by atoms with van der Waals surface area (Å²) in [5, 5.41) is 0. The SMILES string of the molecule is CCN1CCC(N(C)c2ccc([C@H](C)N)cc2F)CC1. The van der Waals surface area contributed by atoms with E-state index in [4.69, 9.17) is 5.73 Å². The molecule has 0 radical (unpaired) electrons. The van der Waals surface area contributed by atoms with Crippen molar-refractivity contribution in [2.24, 2.45) is 5.73 Å². The van der Waals surface area contributed by atoms with Gasteiger partial charge in [-0.25, -0.2) is 4.39 Å². The van der Waals surface area contributed by atoms with E-state index in [1.165, 1.54) is 0 Å². The second kappa shape index (κ2) is 6.55. The Morgan fingerprint density at radius 3 is 2.55 bits per heavy atom. The molecule has 0 bridgehead atoms. The van der Waals surface area contributed by atoms with Gasteiger partial charge in [0.25, 0.3) is 0 Å². The van der Waals surface area contributed by atoms with Gasteiger partial charge >= 0.3 is 0 Å². The third kappa shape index (κ3) is 3.30. The van der Waals surface area contributed by atoms with Crippen LogP contribution in [0.3, 0.4) is 0 Å². The number of rotatable bonds is 4. The molecule has 1 atom stereocenters. The first-order valence-corrected chi connectivity index (χ1v) is 7.53. The summed E-state index contributed by atoms with van der Waals surface area (Å²) in [5.41, 5.74) is 7.33. The maximum absolute atomic E-state index is 14.3. The zero-order valence-electron chi connectivity index (χ0n) is 12.8. The average Bonchev–Trinajstić information content (AvgIpc) is 2.46. The highest BCUT2D eigenvalue weighted by atomic mass is 19.1. The first kappa shape index (κ1) is 15.3. The molecule has 0 spiro atoms. The fraction of sp³-hybridized carbons (Fsp3) is 0.625. The van der Waals surface area contributed by atoms with Crippen LogP contribution in [0.25, 0.3) is 0 Å². The highest BCUT2D eigenvalue weighted by molar-refractivity contribution is 5.50. The van der Waals surface area contributed by atoms with E-state index in [9.17, 15) is 4.39 Å². The van der Waals surface area contributed by atoms with Crippen LogP contribution in [0.5, 0.6) is 0 Å². The Kier molecular flexibility index (Phi) is 5.00. The van der Waals surface area contributed by atoms with Crippen molar-refractivity contribution in [3.63, 3.8) is 0 Å². The van der Waals surface area contributed by atoms with Crippen molar-refractivity contribution < 1.29 is 4.39 Å². The van der Waals surface area contributed by atoms with Crippen LogP contribution in [-0.2, 0) is 0 Å². The molecule has 1 aliphatic heterocycles. The van der Waals surface area contributed by atoms with Crippen LogP contribution < -0.4 is 10.6 Å². The Labute approximate surface area is 121 Å². The summed E-state index contributed by atoms with van der Waals surface area (Å²) >= 11 is 0. The number of nitrogens with two attached hydrogens (primary N) is 1. The Balaban J connectivity index is 2.07. The number of nitrogens with zero attached hydrogens (tertiary/aromatic N) is 2. The number of hydrogen-bond acceptors (Lipinski definition) is 3. The lowest BCUT2D eigenvalue weighted by atomic mass is 10.0. The van der Waals surface area contributed by atoms with Gasteiger partial charge in [0.1, 0.15) is 5.82 Å². The van der Waals surface area contributed by atoms with Crippen LogP contribution in [-0.4, -0.2) is 37.6 Å². The van der Waals surface area contributed by atoms with E-state index < -0.39 is 0 Å². The molecule has 4 heteroatoms. The molecule has 1 aliphatic rings. The number of benzene rings is 1. The number of anilines is 1. The molecule has 0 amide bonds. The maximum Gasteiger partial charge on any atom is 0.146 e. The van der Waals surface area contributed by atoms with Crippen molar-refractivity contribution in [2.75, 3.05) is 31.6 Å². The van der Waals surface area contributed by atoms with E-state index in [0.29, 0.717) is 11.7 Å². The molecule has 112 valence electrons. The summed E-state index contributed by atoms with van der Waals surface area (Å²) in [6.45, 7) is 7.37. The second-order valence-corrected chi connectivity index (χ2v) is 5.78. The highest BCUT2D eigenvalue weighted by Crippen LogP contribution is 2.26. The number of piperidine rings is 1. The quantitative estimate of drug-likeness (QED) is 0.920. The number of halogens is 1. The summed E-state index contributed by atoms with van der Waals surface area (Å²) in [7, 11) is 2.00. The van der Waals surface area contributed by atoms with Gasteiger partial charge in [0.05, 0.1) is 5.69 Å². The summed E-state index contributed by atoms with van der Waals surface area (Å²) in [5.74, 6) is -0.166. The van der Waals surface area contributed by atoms with Gasteiger partial charge < -0.3 is 15.5 Å². The number of likely N-dealkylation sites (tertiary alicyclic amines) is 1. The van der Waals surface area contributed by atoms with Crippen LogP contribution in [0.2, 0.25) is 0 Å². The Bertz CT molecular complexity index is 439. The highest BCUT2D eigenvalue weighted by Gasteiger charge is 2.23. The van der Waals surface area contributed by atoms with Crippen molar-refractivity contribution in [1.29, 1.82) is 0 Å². The van der Waals surface area contributed by atoms with E-state index in [1.807, 2.05) is 26.1 Å². The molecule has 20 heavy (non-hydrogen) atoms. The monoisotopic (exact) mass is 279 g/mol. The van der Waals surface area contributed by atoms with Gasteiger partial charge in [-0.15, -0.1) is 0 Å². The number of hydrogen-bond donors (Lipinski definition) is 1. The average molecular weight is 279 g/mol. The third-order valence-corrected chi connectivity index (χ3v) is 4.43. The van der Waals surface area contributed by atoms with Gasteiger partial charge in [0.15, 0.2) is 0 Å². The lowest BCUT2D eigenvalue weighted by molar-refractivity contribution is 0.220. The summed E-state index contributed by atoms with van der Waals surface area (Å²) in [6.07, 6.45) is 2.19. The minimum atomic E-state index is -0.166. The maximum atomic E-state index is 14.3. The van der Waals surface area contributed by atoms with Crippen molar-refractivity contribution >= 4 is 5.69 Å². The van der Waals surface area contributed by atoms with E-state index in [0.717, 1.165) is 38.0 Å². The fourth-order valence-corrected chi connectivity index (χ4v) is 2.91. The third-order valence-electron chi connectivity index (χ3n) is 4.43. The lowest BCUT2D eigenvalue weighted by Crippen LogP contribution is -2.43. The fourth-order valence-electron chi connectivity index (χ4n) is 2.91. The van der Waals surface area contributed by atoms with E-state index in [-0.39, 0.29) is 11.9 Å². The van der Waals surface area contributed by atoms with Gasteiger partial charge in [-0.05, 0) is 44.0 Å². The van der Waals surface area contributed by atoms with Crippen LogP contribution in [0.4, 0.5) is 10.1 Å². The molecule has 2 N–H and O–H groups in total. The molecule has 3 nitrogen and oxygen atoms in total. The Morgan fingerprint density at radius 2 is 2.05 bits per heavy atom. The van der Waals surface area contributed by atoms with Gasteiger partial charge in [0.2, 0.25) is 0 Å². The van der Waals surface area contributed by atoms with E-state index >= 15 is 0 Å². The van der Waals surface area contributed by atoms with Crippen molar-refractivity contribution in [3.05, 3.63) is 29.6 Å².